The highest BCUT2D eigenvalue weighted by Gasteiger charge is 2.24. The first-order valence-corrected chi connectivity index (χ1v) is 11.8. The number of hydrogen-bond donors (Lipinski definition) is 2. The Hall–Kier alpha value is -3.31. The molecule has 0 aliphatic rings. The minimum absolute atomic E-state index is 0.0153. The molecule has 1 amide bonds. The van der Waals surface area contributed by atoms with Crippen LogP contribution in [-0.4, -0.2) is 44.3 Å². The Bertz CT molecular complexity index is 1290. The molecule has 168 valence electrons. The summed E-state index contributed by atoms with van der Waals surface area (Å²) in [6.07, 6.45) is 0.977. The fraction of sp³-hybridized carbons (Fsp3) is 0.190. The predicted octanol–water partition coefficient (Wildman–Crippen LogP) is 2.66. The molecular weight excluding hydrogens is 454 g/mol. The molecule has 0 radical (unpaired) electrons. The van der Waals surface area contributed by atoms with E-state index < -0.39 is 20.3 Å². The molecule has 0 saturated carbocycles. The first-order chi connectivity index (χ1) is 15.2. The van der Waals surface area contributed by atoms with E-state index in [0.717, 1.165) is 23.5 Å². The van der Waals surface area contributed by atoms with Crippen molar-refractivity contribution in [3.8, 4) is 11.5 Å². The molecule has 0 aliphatic heterocycles. The van der Waals surface area contributed by atoms with Gasteiger partial charge in [0, 0.05) is 11.8 Å². The summed E-state index contributed by atoms with van der Waals surface area (Å²) < 4.78 is 36.0. The molecule has 0 bridgehead atoms. The van der Waals surface area contributed by atoms with E-state index in [1.165, 1.54) is 32.4 Å². The topological polar surface area (TPSA) is 127 Å². The van der Waals surface area contributed by atoms with Gasteiger partial charge >= 0.3 is 0 Å². The molecule has 11 heteroatoms. The number of anilines is 1. The van der Waals surface area contributed by atoms with E-state index >= 15 is 0 Å². The lowest BCUT2D eigenvalue weighted by Gasteiger charge is -2.10. The average Bonchev–Trinajstić information content (AvgIpc) is 2.78. The van der Waals surface area contributed by atoms with Gasteiger partial charge in [0.25, 0.3) is 5.56 Å². The molecule has 0 spiro atoms. The second-order valence-electron chi connectivity index (χ2n) is 6.60. The zero-order valence-corrected chi connectivity index (χ0v) is 19.2. The van der Waals surface area contributed by atoms with Crippen molar-refractivity contribution in [3.63, 3.8) is 0 Å². The summed E-state index contributed by atoms with van der Waals surface area (Å²) >= 11 is 0.981. The number of sulfone groups is 1. The summed E-state index contributed by atoms with van der Waals surface area (Å²) in [5, 5.41) is 2.86. The van der Waals surface area contributed by atoms with Crippen LogP contribution in [0.1, 0.15) is 5.56 Å². The second kappa shape index (κ2) is 9.88. The van der Waals surface area contributed by atoms with Crippen molar-refractivity contribution in [3.05, 3.63) is 64.6 Å². The molecule has 0 unspecified atom stereocenters. The smallest absolute Gasteiger partial charge is 0.270 e. The third-order valence-corrected chi connectivity index (χ3v) is 7.01. The molecule has 9 nitrogen and oxygen atoms in total. The second-order valence-corrected chi connectivity index (χ2v) is 9.49. The number of aromatic amines is 1. The van der Waals surface area contributed by atoms with Crippen molar-refractivity contribution in [2.24, 2.45) is 0 Å². The maximum atomic E-state index is 12.9. The molecule has 2 aromatic carbocycles. The number of amides is 1. The summed E-state index contributed by atoms with van der Waals surface area (Å²) in [5.74, 6) is 0.265. The molecule has 32 heavy (non-hydrogen) atoms. The van der Waals surface area contributed by atoms with Crippen molar-refractivity contribution < 1.29 is 22.7 Å². The number of benzene rings is 2. The number of H-pyrrole nitrogens is 1. The van der Waals surface area contributed by atoms with Crippen molar-refractivity contribution in [1.82, 2.24) is 9.97 Å². The van der Waals surface area contributed by atoms with Gasteiger partial charge in [0.2, 0.25) is 15.7 Å². The molecule has 2 N–H and O–H groups in total. The molecule has 0 aliphatic carbocycles. The van der Waals surface area contributed by atoms with Crippen molar-refractivity contribution in [2.75, 3.05) is 25.3 Å². The third-order valence-electron chi connectivity index (χ3n) is 4.37. The van der Waals surface area contributed by atoms with Gasteiger partial charge in [-0.2, -0.15) is 0 Å². The molecule has 0 fully saturated rings. The first-order valence-electron chi connectivity index (χ1n) is 9.30. The first kappa shape index (κ1) is 23.4. The monoisotopic (exact) mass is 475 g/mol. The van der Waals surface area contributed by atoms with E-state index in [9.17, 15) is 18.0 Å². The number of rotatable bonds is 8. The summed E-state index contributed by atoms with van der Waals surface area (Å²) in [6, 6.07) is 11.3. The fourth-order valence-electron chi connectivity index (χ4n) is 2.71. The number of nitrogens with one attached hydrogen (secondary N) is 2. The van der Waals surface area contributed by atoms with Crippen LogP contribution in [0.25, 0.3) is 0 Å². The Morgan fingerprint density at radius 1 is 1.09 bits per heavy atom. The van der Waals surface area contributed by atoms with Crippen molar-refractivity contribution >= 4 is 33.2 Å². The van der Waals surface area contributed by atoms with E-state index in [1.54, 1.807) is 12.1 Å². The highest BCUT2D eigenvalue weighted by atomic mass is 32.2. The van der Waals surface area contributed by atoms with Crippen LogP contribution in [0, 0.1) is 6.92 Å². The van der Waals surface area contributed by atoms with Gasteiger partial charge in [-0.1, -0.05) is 29.5 Å². The summed E-state index contributed by atoms with van der Waals surface area (Å²) in [6.45, 7) is 1.94. The van der Waals surface area contributed by atoms with E-state index in [1.807, 2.05) is 19.1 Å². The van der Waals surface area contributed by atoms with Crippen molar-refractivity contribution in [2.45, 2.75) is 21.9 Å². The maximum absolute atomic E-state index is 12.9. The lowest BCUT2D eigenvalue weighted by atomic mass is 10.2. The SMILES string of the molecule is COc1ccc(S(=O)(=O)c2cnc(SCC(=O)Nc3ccc(C)cc3)[nH]c2=O)cc1OC. The van der Waals surface area contributed by atoms with Gasteiger partial charge < -0.3 is 19.8 Å². The van der Waals surface area contributed by atoms with Crippen LogP contribution in [0.15, 0.2) is 68.4 Å². The predicted molar refractivity (Wildman–Crippen MR) is 120 cm³/mol. The number of carbonyl (C=O) groups is 1. The Balaban J connectivity index is 1.73. The van der Waals surface area contributed by atoms with Crippen LogP contribution in [0.5, 0.6) is 11.5 Å². The average molecular weight is 476 g/mol. The molecule has 3 aromatic rings. The lowest BCUT2D eigenvalue weighted by Crippen LogP contribution is -2.20. The number of aromatic nitrogens is 2. The number of aryl methyl sites for hydroxylation is 1. The van der Waals surface area contributed by atoms with Gasteiger partial charge in [-0.15, -0.1) is 0 Å². The highest BCUT2D eigenvalue weighted by Crippen LogP contribution is 2.31. The summed E-state index contributed by atoms with van der Waals surface area (Å²) in [4.78, 5) is 30.3. The number of methoxy groups -OCH3 is 2. The number of carbonyl (C=O) groups excluding carboxylic acids is 1. The Morgan fingerprint density at radius 2 is 1.78 bits per heavy atom. The summed E-state index contributed by atoms with van der Waals surface area (Å²) in [5.41, 5.74) is 0.887. The molecule has 0 saturated heterocycles. The minimum atomic E-state index is -4.15. The molecule has 3 rings (SSSR count). The van der Waals surface area contributed by atoms with Crippen LogP contribution < -0.4 is 20.3 Å². The summed E-state index contributed by atoms with van der Waals surface area (Å²) in [7, 11) is -1.34. The Labute approximate surface area is 189 Å². The van der Waals surface area contributed by atoms with E-state index in [2.05, 4.69) is 15.3 Å². The quantitative estimate of drug-likeness (QED) is 0.376. The zero-order valence-electron chi connectivity index (χ0n) is 17.5. The molecule has 0 atom stereocenters. The largest absolute Gasteiger partial charge is 0.493 e. The normalized spacial score (nSPS) is 11.1. The van der Waals surface area contributed by atoms with Gasteiger partial charge in [0.15, 0.2) is 21.6 Å². The van der Waals surface area contributed by atoms with Gasteiger partial charge in [-0.3, -0.25) is 9.59 Å². The van der Waals surface area contributed by atoms with Gasteiger partial charge in [0.05, 0.1) is 31.1 Å². The zero-order chi connectivity index (χ0) is 23.3. The third kappa shape index (κ3) is 5.29. The van der Waals surface area contributed by atoms with Crippen LogP contribution in [0.4, 0.5) is 5.69 Å². The number of thioether (sulfide) groups is 1. The number of hydrogen-bond acceptors (Lipinski definition) is 8. The van der Waals surface area contributed by atoms with E-state index in [4.69, 9.17) is 9.47 Å². The lowest BCUT2D eigenvalue weighted by molar-refractivity contribution is -0.113. The van der Waals surface area contributed by atoms with E-state index in [0.29, 0.717) is 11.4 Å². The Kier molecular flexibility index (Phi) is 7.21. The van der Waals surface area contributed by atoms with E-state index in [-0.39, 0.29) is 27.5 Å². The molecular formula is C21H21N3O6S2. The standard InChI is InChI=1S/C21H21N3O6S2/c1-13-4-6-14(7-5-13)23-19(25)12-31-21-22-11-18(20(26)24-21)32(27,28)15-8-9-16(29-2)17(10-15)30-3/h4-11H,12H2,1-3H3,(H,23,25)(H,22,24,26). The van der Waals surface area contributed by atoms with Crippen LogP contribution in [0.3, 0.4) is 0 Å². The van der Waals surface area contributed by atoms with Gasteiger partial charge in [0.1, 0.15) is 0 Å². The highest BCUT2D eigenvalue weighted by molar-refractivity contribution is 7.99. The minimum Gasteiger partial charge on any atom is -0.493 e. The fourth-order valence-corrected chi connectivity index (χ4v) is 4.59. The number of nitrogens with zero attached hydrogens (tertiary/aromatic N) is 1. The Morgan fingerprint density at radius 3 is 2.41 bits per heavy atom. The number of ether oxygens (including phenoxy) is 2. The molecule has 1 heterocycles. The van der Waals surface area contributed by atoms with Crippen LogP contribution in [0.2, 0.25) is 0 Å². The van der Waals surface area contributed by atoms with Gasteiger partial charge in [-0.25, -0.2) is 13.4 Å². The van der Waals surface area contributed by atoms with Crippen LogP contribution in [-0.2, 0) is 14.6 Å². The van der Waals surface area contributed by atoms with Crippen molar-refractivity contribution in [1.29, 1.82) is 0 Å². The van der Waals surface area contributed by atoms with Crippen LogP contribution >= 0.6 is 11.8 Å². The molecule has 1 aromatic heterocycles. The maximum Gasteiger partial charge on any atom is 0.270 e. The van der Waals surface area contributed by atoms with Gasteiger partial charge in [-0.05, 0) is 31.2 Å².